The van der Waals surface area contributed by atoms with Crippen molar-refractivity contribution >= 4 is 22.7 Å². The Morgan fingerprint density at radius 1 is 1.70 bits per heavy atom. The normalized spacial score (nSPS) is 13.5. The molecule has 0 saturated carbocycles. The summed E-state index contributed by atoms with van der Waals surface area (Å²) in [6.07, 6.45) is 7.54. The lowest BCUT2D eigenvalue weighted by atomic mass is 11.0. The van der Waals surface area contributed by atoms with Crippen LogP contribution in [0.1, 0.15) is 0 Å². The first-order valence-electron chi connectivity index (χ1n) is 2.87. The second-order valence-corrected chi connectivity index (χ2v) is 7.00. The molecule has 4 heteroatoms. The molecular formula is C6H11NOS2. The molecule has 0 aromatic carbocycles. The van der Waals surface area contributed by atoms with Crippen LogP contribution in [0.25, 0.3) is 0 Å². The molecule has 58 valence electrons. The van der Waals surface area contributed by atoms with E-state index in [9.17, 15) is 0 Å². The smallest absolute Gasteiger partial charge is 0.182 e. The lowest BCUT2D eigenvalue weighted by Gasteiger charge is -2.24. The molecule has 0 atom stereocenters. The average Bonchev–Trinajstić information content (AvgIpc) is 2.38. The number of hydrogen-bond donors (Lipinski definition) is 1. The van der Waals surface area contributed by atoms with Crippen molar-refractivity contribution in [2.75, 3.05) is 17.6 Å². The van der Waals surface area contributed by atoms with Crippen molar-refractivity contribution in [3.8, 4) is 0 Å². The van der Waals surface area contributed by atoms with E-state index < -0.39 is 10.0 Å². The van der Waals surface area contributed by atoms with Gasteiger partial charge in [0.2, 0.25) is 0 Å². The van der Waals surface area contributed by atoms with Gasteiger partial charge in [-0.25, -0.2) is 4.98 Å². The van der Waals surface area contributed by atoms with Crippen LogP contribution in [0.2, 0.25) is 0 Å². The first kappa shape index (κ1) is 8.01. The SMILES string of the molecule is CS(C)(CS)c1cnco1. The molecule has 0 N–H and O–H groups in total. The Morgan fingerprint density at radius 2 is 2.40 bits per heavy atom. The summed E-state index contributed by atoms with van der Waals surface area (Å²) in [5.74, 6) is 0. The van der Waals surface area contributed by atoms with E-state index in [0.29, 0.717) is 0 Å². The van der Waals surface area contributed by atoms with Gasteiger partial charge in [0, 0.05) is 5.08 Å². The highest BCUT2D eigenvalue weighted by Gasteiger charge is 2.15. The van der Waals surface area contributed by atoms with Gasteiger partial charge in [0.05, 0.1) is 6.20 Å². The minimum Gasteiger partial charge on any atom is -0.439 e. The first-order chi connectivity index (χ1) is 4.67. The van der Waals surface area contributed by atoms with Crippen LogP contribution in [0.15, 0.2) is 22.1 Å². The van der Waals surface area contributed by atoms with E-state index in [2.05, 4.69) is 30.1 Å². The molecule has 1 aromatic rings. The van der Waals surface area contributed by atoms with E-state index in [1.807, 2.05) is 0 Å². The van der Waals surface area contributed by atoms with E-state index in [0.717, 1.165) is 10.2 Å². The van der Waals surface area contributed by atoms with Crippen LogP contribution < -0.4 is 0 Å². The molecule has 10 heavy (non-hydrogen) atoms. The van der Waals surface area contributed by atoms with Crippen molar-refractivity contribution in [3.05, 3.63) is 12.6 Å². The van der Waals surface area contributed by atoms with E-state index >= 15 is 0 Å². The molecule has 0 unspecified atom stereocenters. The zero-order chi connectivity index (χ0) is 7.61. The zero-order valence-corrected chi connectivity index (χ0v) is 7.78. The van der Waals surface area contributed by atoms with Gasteiger partial charge in [-0.3, -0.25) is 0 Å². The van der Waals surface area contributed by atoms with E-state index in [1.165, 1.54) is 6.39 Å². The fourth-order valence-electron chi connectivity index (χ4n) is 0.541. The number of oxazole rings is 1. The summed E-state index contributed by atoms with van der Waals surface area (Å²) in [5, 5.41) is 1.82. The van der Waals surface area contributed by atoms with Gasteiger partial charge in [-0.1, -0.05) is 0 Å². The molecule has 0 amide bonds. The summed E-state index contributed by atoms with van der Waals surface area (Å²) in [5.41, 5.74) is 0. The third-order valence-corrected chi connectivity index (χ3v) is 5.15. The molecule has 2 nitrogen and oxygen atoms in total. The summed E-state index contributed by atoms with van der Waals surface area (Å²) in [4.78, 5) is 3.86. The van der Waals surface area contributed by atoms with Gasteiger partial charge in [0.1, 0.15) is 0 Å². The molecule has 1 aromatic heterocycles. The summed E-state index contributed by atoms with van der Waals surface area (Å²) >= 11 is 4.24. The van der Waals surface area contributed by atoms with E-state index in [4.69, 9.17) is 4.42 Å². The molecule has 0 fully saturated rings. The second kappa shape index (κ2) is 2.88. The maximum Gasteiger partial charge on any atom is 0.182 e. The molecule has 0 aliphatic heterocycles. The Balaban J connectivity index is 2.85. The van der Waals surface area contributed by atoms with Gasteiger partial charge in [0.25, 0.3) is 0 Å². The number of nitrogens with zero attached hydrogens (tertiary/aromatic N) is 1. The van der Waals surface area contributed by atoms with Crippen LogP contribution in [-0.2, 0) is 0 Å². The molecular weight excluding hydrogens is 166 g/mol. The van der Waals surface area contributed by atoms with Gasteiger partial charge >= 0.3 is 0 Å². The lowest BCUT2D eigenvalue weighted by molar-refractivity contribution is 0.467. The summed E-state index contributed by atoms with van der Waals surface area (Å²) < 4.78 is 5.17. The number of thiol groups is 1. The predicted octanol–water partition coefficient (Wildman–Crippen LogP) is 1.98. The van der Waals surface area contributed by atoms with Crippen LogP contribution >= 0.6 is 22.7 Å². The van der Waals surface area contributed by atoms with Gasteiger partial charge in [-0.2, -0.15) is 22.7 Å². The monoisotopic (exact) mass is 177 g/mol. The van der Waals surface area contributed by atoms with Gasteiger partial charge in [0.15, 0.2) is 11.5 Å². The van der Waals surface area contributed by atoms with E-state index in [-0.39, 0.29) is 0 Å². The Labute approximate surface area is 67.8 Å². The van der Waals surface area contributed by atoms with Gasteiger partial charge in [-0.05, 0) is 12.5 Å². The third-order valence-electron chi connectivity index (χ3n) is 1.28. The molecule has 0 aliphatic rings. The third kappa shape index (κ3) is 1.49. The summed E-state index contributed by atoms with van der Waals surface area (Å²) in [6, 6.07) is 0. The van der Waals surface area contributed by atoms with Crippen molar-refractivity contribution in [1.82, 2.24) is 4.98 Å². The molecule has 1 rings (SSSR count). The predicted molar refractivity (Wildman–Crippen MR) is 48.1 cm³/mol. The first-order valence-corrected chi connectivity index (χ1v) is 6.12. The lowest BCUT2D eigenvalue weighted by Crippen LogP contribution is -1.94. The van der Waals surface area contributed by atoms with Crippen molar-refractivity contribution in [3.63, 3.8) is 0 Å². The van der Waals surface area contributed by atoms with E-state index in [1.54, 1.807) is 6.20 Å². The minimum atomic E-state index is -0.820. The van der Waals surface area contributed by atoms with Crippen LogP contribution in [0.5, 0.6) is 0 Å². The quantitative estimate of drug-likeness (QED) is 0.699. The van der Waals surface area contributed by atoms with Crippen molar-refractivity contribution in [2.24, 2.45) is 0 Å². The zero-order valence-electron chi connectivity index (χ0n) is 6.07. The van der Waals surface area contributed by atoms with Crippen LogP contribution in [-0.4, -0.2) is 22.6 Å². The van der Waals surface area contributed by atoms with Crippen molar-refractivity contribution in [2.45, 2.75) is 5.09 Å². The summed E-state index contributed by atoms with van der Waals surface area (Å²) in [7, 11) is -0.820. The molecule has 0 aliphatic carbocycles. The van der Waals surface area contributed by atoms with Crippen LogP contribution in [0.4, 0.5) is 0 Å². The van der Waals surface area contributed by atoms with Crippen molar-refractivity contribution < 1.29 is 4.42 Å². The molecule has 0 saturated heterocycles. The highest BCUT2D eigenvalue weighted by molar-refractivity contribution is 8.36. The number of aromatic nitrogens is 1. The minimum absolute atomic E-state index is 0.820. The standard InChI is InChI=1S/C6H11NOS2/c1-10(2,5-9)6-3-7-4-8-6/h3-4,9H,5H2,1-2H3. The van der Waals surface area contributed by atoms with Gasteiger partial charge in [-0.15, -0.1) is 0 Å². The maximum absolute atomic E-state index is 5.17. The van der Waals surface area contributed by atoms with Crippen molar-refractivity contribution in [1.29, 1.82) is 0 Å². The van der Waals surface area contributed by atoms with Crippen LogP contribution in [0.3, 0.4) is 0 Å². The second-order valence-electron chi connectivity index (χ2n) is 2.49. The fraction of sp³-hybridized carbons (Fsp3) is 0.500. The largest absolute Gasteiger partial charge is 0.439 e. The summed E-state index contributed by atoms with van der Waals surface area (Å²) in [6.45, 7) is 0. The van der Waals surface area contributed by atoms with Crippen LogP contribution in [0, 0.1) is 0 Å². The average molecular weight is 177 g/mol. The topological polar surface area (TPSA) is 26.0 Å². The highest BCUT2D eigenvalue weighted by Crippen LogP contribution is 2.49. The highest BCUT2D eigenvalue weighted by atomic mass is 32.3. The fourth-order valence-corrected chi connectivity index (χ4v) is 1.70. The Morgan fingerprint density at radius 3 is 2.80 bits per heavy atom. The molecule has 0 radical (unpaired) electrons. The maximum atomic E-state index is 5.17. The Hall–Kier alpha value is -0.0900. The number of hydrogen-bond acceptors (Lipinski definition) is 3. The molecule has 1 heterocycles. The van der Waals surface area contributed by atoms with Gasteiger partial charge < -0.3 is 4.42 Å². The Kier molecular flexibility index (Phi) is 2.31. The molecule has 0 spiro atoms. The number of rotatable bonds is 2. The Bertz CT molecular complexity index is 196. The molecule has 0 bridgehead atoms.